The molecule has 1 heterocycles. The molecule has 2 N–H and O–H groups in total. The van der Waals surface area contributed by atoms with Gasteiger partial charge in [0.1, 0.15) is 5.75 Å². The Morgan fingerprint density at radius 1 is 1.03 bits per heavy atom. The third-order valence-corrected chi connectivity index (χ3v) is 4.58. The topological polar surface area (TPSA) is 87.7 Å². The number of ether oxygens (including phenoxy) is 1. The maximum atomic E-state index is 12.9. The van der Waals surface area contributed by atoms with Crippen molar-refractivity contribution >= 4 is 34.8 Å². The second-order valence-corrected chi connectivity index (χ2v) is 7.60. The van der Waals surface area contributed by atoms with Crippen molar-refractivity contribution in [3.05, 3.63) is 48.0 Å². The van der Waals surface area contributed by atoms with E-state index in [1.807, 2.05) is 25.1 Å². The monoisotopic (exact) mass is 395 g/mol. The number of anilines is 3. The average molecular weight is 395 g/mol. The van der Waals surface area contributed by atoms with E-state index in [0.717, 1.165) is 5.56 Å². The van der Waals surface area contributed by atoms with Crippen LogP contribution in [0.2, 0.25) is 0 Å². The number of aryl methyl sites for hydroxylation is 1. The molecule has 0 radical (unpaired) electrons. The zero-order valence-electron chi connectivity index (χ0n) is 17.0. The van der Waals surface area contributed by atoms with Gasteiger partial charge in [0.15, 0.2) is 5.60 Å². The number of nitrogens with one attached hydrogen (secondary N) is 2. The Morgan fingerprint density at radius 2 is 1.66 bits per heavy atom. The molecular formula is C22H25N3O4. The van der Waals surface area contributed by atoms with Crippen LogP contribution < -0.4 is 20.3 Å². The Balaban J connectivity index is 1.67. The Kier molecular flexibility index (Phi) is 5.59. The second kappa shape index (κ2) is 7.95. The Morgan fingerprint density at radius 3 is 2.28 bits per heavy atom. The van der Waals surface area contributed by atoms with E-state index in [2.05, 4.69) is 10.6 Å². The van der Waals surface area contributed by atoms with Crippen molar-refractivity contribution < 1.29 is 19.1 Å². The van der Waals surface area contributed by atoms with Gasteiger partial charge in [0.2, 0.25) is 11.8 Å². The molecule has 0 unspecified atom stereocenters. The summed E-state index contributed by atoms with van der Waals surface area (Å²) in [5.74, 6) is 0.0937. The second-order valence-electron chi connectivity index (χ2n) is 7.60. The summed E-state index contributed by atoms with van der Waals surface area (Å²) in [6.45, 7) is 7.07. The first-order chi connectivity index (χ1) is 13.7. The smallest absolute Gasteiger partial charge is 0.270 e. The Bertz CT molecular complexity index is 951. The van der Waals surface area contributed by atoms with Crippen molar-refractivity contribution in [2.75, 3.05) is 22.1 Å². The van der Waals surface area contributed by atoms with Crippen LogP contribution in [-0.2, 0) is 14.4 Å². The van der Waals surface area contributed by atoms with Gasteiger partial charge in [0, 0.05) is 31.3 Å². The largest absolute Gasteiger partial charge is 0.476 e. The molecule has 0 saturated heterocycles. The molecule has 0 aliphatic carbocycles. The van der Waals surface area contributed by atoms with E-state index in [9.17, 15) is 14.4 Å². The summed E-state index contributed by atoms with van der Waals surface area (Å²) in [6.07, 6.45) is 0.142. The predicted octanol–water partition coefficient (Wildman–Crippen LogP) is 3.49. The summed E-state index contributed by atoms with van der Waals surface area (Å²) in [5.41, 5.74) is 1.98. The van der Waals surface area contributed by atoms with Crippen molar-refractivity contribution in [1.82, 2.24) is 0 Å². The zero-order valence-corrected chi connectivity index (χ0v) is 17.0. The van der Waals surface area contributed by atoms with Crippen LogP contribution in [-0.4, -0.2) is 29.9 Å². The molecular weight excluding hydrogens is 370 g/mol. The minimum absolute atomic E-state index is 0.142. The maximum Gasteiger partial charge on any atom is 0.270 e. The third-order valence-electron chi connectivity index (χ3n) is 4.58. The predicted molar refractivity (Wildman–Crippen MR) is 112 cm³/mol. The molecule has 0 atom stereocenters. The lowest BCUT2D eigenvalue weighted by molar-refractivity contribution is -0.132. The van der Waals surface area contributed by atoms with Gasteiger partial charge in [0.05, 0.1) is 5.69 Å². The van der Waals surface area contributed by atoms with Crippen molar-refractivity contribution in [2.24, 2.45) is 0 Å². The molecule has 0 bridgehead atoms. The molecule has 7 nitrogen and oxygen atoms in total. The molecule has 152 valence electrons. The van der Waals surface area contributed by atoms with E-state index in [0.29, 0.717) is 22.8 Å². The number of hydrogen-bond donors (Lipinski definition) is 2. The van der Waals surface area contributed by atoms with E-state index in [4.69, 9.17) is 4.74 Å². The van der Waals surface area contributed by atoms with Gasteiger partial charge in [-0.25, -0.2) is 0 Å². The molecule has 0 spiro atoms. The summed E-state index contributed by atoms with van der Waals surface area (Å²) in [7, 11) is 0. The van der Waals surface area contributed by atoms with Crippen molar-refractivity contribution in [2.45, 2.75) is 39.7 Å². The molecule has 0 saturated carbocycles. The number of carbonyl (C=O) groups excluding carboxylic acids is 3. The number of carbonyl (C=O) groups is 3. The number of hydrogen-bond acceptors (Lipinski definition) is 4. The van der Waals surface area contributed by atoms with Crippen LogP contribution in [0.4, 0.5) is 17.1 Å². The van der Waals surface area contributed by atoms with Gasteiger partial charge >= 0.3 is 0 Å². The molecule has 0 fully saturated rings. The fraction of sp³-hybridized carbons (Fsp3) is 0.318. The van der Waals surface area contributed by atoms with Crippen molar-refractivity contribution in [1.29, 1.82) is 0 Å². The summed E-state index contributed by atoms with van der Waals surface area (Å²) >= 11 is 0. The summed E-state index contributed by atoms with van der Waals surface area (Å²) < 4.78 is 5.84. The highest BCUT2D eigenvalue weighted by atomic mass is 16.5. The van der Waals surface area contributed by atoms with Gasteiger partial charge in [-0.3, -0.25) is 14.4 Å². The van der Waals surface area contributed by atoms with Crippen LogP contribution in [0.1, 0.15) is 32.8 Å². The van der Waals surface area contributed by atoms with E-state index in [1.54, 1.807) is 43.0 Å². The maximum absolute atomic E-state index is 12.9. The minimum Gasteiger partial charge on any atom is -0.476 e. The number of fused-ring (bicyclic) bond motifs is 1. The first-order valence-corrected chi connectivity index (χ1v) is 9.45. The quantitative estimate of drug-likeness (QED) is 0.811. The van der Waals surface area contributed by atoms with Gasteiger partial charge < -0.3 is 20.3 Å². The molecule has 2 aromatic rings. The van der Waals surface area contributed by atoms with Crippen LogP contribution in [0.15, 0.2) is 42.5 Å². The molecule has 2 aromatic carbocycles. The summed E-state index contributed by atoms with van der Waals surface area (Å²) in [6, 6.07) is 12.5. The lowest BCUT2D eigenvalue weighted by Crippen LogP contribution is -2.53. The van der Waals surface area contributed by atoms with E-state index in [-0.39, 0.29) is 30.7 Å². The number of benzene rings is 2. The normalized spacial score (nSPS) is 14.6. The zero-order chi connectivity index (χ0) is 21.2. The lowest BCUT2D eigenvalue weighted by Gasteiger charge is -2.38. The highest BCUT2D eigenvalue weighted by Gasteiger charge is 2.40. The molecule has 1 aliphatic rings. The van der Waals surface area contributed by atoms with Gasteiger partial charge in [-0.1, -0.05) is 6.07 Å². The first kappa shape index (κ1) is 20.4. The van der Waals surface area contributed by atoms with Gasteiger partial charge in [-0.15, -0.1) is 0 Å². The van der Waals surface area contributed by atoms with Crippen molar-refractivity contribution in [3.8, 4) is 5.75 Å². The first-order valence-electron chi connectivity index (χ1n) is 9.45. The molecule has 29 heavy (non-hydrogen) atoms. The van der Waals surface area contributed by atoms with Crippen LogP contribution in [0.3, 0.4) is 0 Å². The Hall–Kier alpha value is -3.35. The number of rotatable bonds is 5. The van der Waals surface area contributed by atoms with Crippen LogP contribution >= 0.6 is 0 Å². The van der Waals surface area contributed by atoms with Gasteiger partial charge in [-0.05, 0) is 62.7 Å². The summed E-state index contributed by atoms with van der Waals surface area (Å²) in [4.78, 5) is 38.0. The average Bonchev–Trinajstić information content (AvgIpc) is 2.64. The van der Waals surface area contributed by atoms with E-state index >= 15 is 0 Å². The Labute approximate surface area is 170 Å². The van der Waals surface area contributed by atoms with Crippen LogP contribution in [0.25, 0.3) is 0 Å². The van der Waals surface area contributed by atoms with E-state index in [1.165, 1.54) is 6.92 Å². The molecule has 1 aliphatic heterocycles. The fourth-order valence-corrected chi connectivity index (χ4v) is 3.18. The highest BCUT2D eigenvalue weighted by molar-refractivity contribution is 6.03. The fourth-order valence-electron chi connectivity index (χ4n) is 3.18. The van der Waals surface area contributed by atoms with Crippen LogP contribution in [0.5, 0.6) is 5.75 Å². The lowest BCUT2D eigenvalue weighted by atomic mass is 10.0. The summed E-state index contributed by atoms with van der Waals surface area (Å²) in [5, 5.41) is 5.48. The van der Waals surface area contributed by atoms with Gasteiger partial charge in [-0.2, -0.15) is 0 Å². The molecule has 7 heteroatoms. The minimum atomic E-state index is -0.988. The van der Waals surface area contributed by atoms with Crippen molar-refractivity contribution in [3.63, 3.8) is 0 Å². The van der Waals surface area contributed by atoms with E-state index < -0.39 is 5.60 Å². The highest BCUT2D eigenvalue weighted by Crippen LogP contribution is 2.38. The number of amides is 3. The van der Waals surface area contributed by atoms with Gasteiger partial charge in [0.25, 0.3) is 5.91 Å². The third kappa shape index (κ3) is 4.74. The standard InChI is InChI=1S/C22H25N3O4/c1-14-5-10-19-18(13-14)25(21(28)22(3,4)29-19)12-11-20(27)24-17-8-6-16(7-9-17)23-15(2)26/h5-10,13H,11-12H2,1-4H3,(H,23,26)(H,24,27). The number of nitrogens with zero attached hydrogens (tertiary/aromatic N) is 1. The molecule has 3 amide bonds. The molecule has 0 aromatic heterocycles. The molecule has 3 rings (SSSR count). The SMILES string of the molecule is CC(=O)Nc1ccc(NC(=O)CCN2C(=O)C(C)(C)Oc3ccc(C)cc32)cc1. The van der Waals surface area contributed by atoms with Crippen LogP contribution in [0, 0.1) is 6.92 Å².